The van der Waals surface area contributed by atoms with Crippen molar-refractivity contribution in [3.63, 3.8) is 0 Å². The Bertz CT molecular complexity index is 411. The summed E-state index contributed by atoms with van der Waals surface area (Å²) in [5.41, 5.74) is 0.662. The number of carboxylic acids is 1. The molecule has 1 aromatic rings. The molecule has 2 amide bonds. The van der Waals surface area contributed by atoms with Crippen LogP contribution in [0.1, 0.15) is 25.5 Å². The SMILES string of the molecule is CCC(CNC(=O)NCc1cccnn1)CC(=O)O. The van der Waals surface area contributed by atoms with Gasteiger partial charge in [-0.15, -0.1) is 0 Å². The van der Waals surface area contributed by atoms with Crippen molar-refractivity contribution in [2.75, 3.05) is 6.54 Å². The molecule has 7 heteroatoms. The number of hydrogen-bond donors (Lipinski definition) is 3. The largest absolute Gasteiger partial charge is 0.481 e. The second-order valence-electron chi connectivity index (χ2n) is 4.15. The van der Waals surface area contributed by atoms with Gasteiger partial charge in [-0.3, -0.25) is 4.79 Å². The Morgan fingerprint density at radius 2 is 2.21 bits per heavy atom. The molecule has 3 N–H and O–H groups in total. The van der Waals surface area contributed by atoms with E-state index in [0.717, 1.165) is 0 Å². The van der Waals surface area contributed by atoms with Crippen LogP contribution in [0.25, 0.3) is 0 Å². The normalized spacial score (nSPS) is 11.6. The summed E-state index contributed by atoms with van der Waals surface area (Å²) in [5.74, 6) is -0.909. The lowest BCUT2D eigenvalue weighted by atomic mass is 10.0. The maximum atomic E-state index is 11.5. The highest BCUT2D eigenvalue weighted by Crippen LogP contribution is 2.06. The first-order valence-corrected chi connectivity index (χ1v) is 6.12. The molecule has 7 nitrogen and oxygen atoms in total. The van der Waals surface area contributed by atoms with Crippen LogP contribution >= 0.6 is 0 Å². The second kappa shape index (κ2) is 8.02. The van der Waals surface area contributed by atoms with Gasteiger partial charge in [0.1, 0.15) is 0 Å². The summed E-state index contributed by atoms with van der Waals surface area (Å²) < 4.78 is 0. The number of carbonyl (C=O) groups is 2. The molecular weight excluding hydrogens is 248 g/mol. The van der Waals surface area contributed by atoms with Gasteiger partial charge in [0, 0.05) is 19.2 Å². The molecule has 1 heterocycles. The van der Waals surface area contributed by atoms with Gasteiger partial charge in [-0.25, -0.2) is 4.79 Å². The molecule has 0 radical (unpaired) electrons. The summed E-state index contributed by atoms with van der Waals surface area (Å²) in [6.07, 6.45) is 2.32. The van der Waals surface area contributed by atoms with Crippen LogP contribution in [-0.4, -0.2) is 33.8 Å². The van der Waals surface area contributed by atoms with Crippen molar-refractivity contribution in [3.8, 4) is 0 Å². The van der Waals surface area contributed by atoms with Gasteiger partial charge in [0.15, 0.2) is 0 Å². The van der Waals surface area contributed by atoms with E-state index in [1.165, 1.54) is 0 Å². The number of aromatic nitrogens is 2. The average molecular weight is 266 g/mol. The summed E-state index contributed by atoms with van der Waals surface area (Å²) in [7, 11) is 0. The van der Waals surface area contributed by atoms with Gasteiger partial charge in [0.05, 0.1) is 12.2 Å². The predicted octanol–water partition coefficient (Wildman–Crippen LogP) is 0.777. The minimum atomic E-state index is -0.853. The van der Waals surface area contributed by atoms with E-state index < -0.39 is 5.97 Å². The van der Waals surface area contributed by atoms with E-state index in [4.69, 9.17) is 5.11 Å². The highest BCUT2D eigenvalue weighted by atomic mass is 16.4. The number of aliphatic carboxylic acids is 1. The predicted molar refractivity (Wildman–Crippen MR) is 68.3 cm³/mol. The van der Waals surface area contributed by atoms with Gasteiger partial charge in [0.25, 0.3) is 0 Å². The second-order valence-corrected chi connectivity index (χ2v) is 4.15. The summed E-state index contributed by atoms with van der Waals surface area (Å²) in [6.45, 7) is 2.53. The van der Waals surface area contributed by atoms with Gasteiger partial charge in [-0.2, -0.15) is 10.2 Å². The third-order valence-corrected chi connectivity index (χ3v) is 2.65. The molecule has 1 rings (SSSR count). The molecular formula is C12H18N4O3. The molecule has 0 spiro atoms. The Labute approximate surface area is 111 Å². The standard InChI is InChI=1S/C12H18N4O3/c1-2-9(6-11(17)18)7-13-12(19)14-8-10-4-3-5-15-16-10/h3-5,9H,2,6-8H2,1H3,(H,17,18)(H2,13,14,19). The summed E-state index contributed by atoms with van der Waals surface area (Å²) in [4.78, 5) is 22.1. The number of nitrogens with zero attached hydrogens (tertiary/aromatic N) is 2. The van der Waals surface area contributed by atoms with Crippen molar-refractivity contribution in [1.82, 2.24) is 20.8 Å². The minimum absolute atomic E-state index is 0.0558. The van der Waals surface area contributed by atoms with Gasteiger partial charge < -0.3 is 15.7 Å². The molecule has 0 bridgehead atoms. The highest BCUT2D eigenvalue weighted by Gasteiger charge is 2.12. The summed E-state index contributed by atoms with van der Waals surface area (Å²) in [6, 6.07) is 3.16. The molecule has 0 aliphatic carbocycles. The Morgan fingerprint density at radius 1 is 1.42 bits per heavy atom. The Kier molecular flexibility index (Phi) is 6.28. The Morgan fingerprint density at radius 3 is 2.79 bits per heavy atom. The molecule has 0 fully saturated rings. The number of rotatable bonds is 7. The molecule has 0 aliphatic rings. The highest BCUT2D eigenvalue weighted by molar-refractivity contribution is 5.74. The summed E-state index contributed by atoms with van der Waals surface area (Å²) >= 11 is 0. The lowest BCUT2D eigenvalue weighted by molar-refractivity contribution is -0.138. The third kappa shape index (κ3) is 6.35. The molecule has 1 aromatic heterocycles. The van der Waals surface area contributed by atoms with Crippen molar-refractivity contribution in [2.45, 2.75) is 26.3 Å². The van der Waals surface area contributed by atoms with E-state index in [0.29, 0.717) is 18.7 Å². The van der Waals surface area contributed by atoms with Crippen molar-refractivity contribution in [3.05, 3.63) is 24.0 Å². The van der Waals surface area contributed by atoms with Gasteiger partial charge in [-0.05, 0) is 18.1 Å². The monoisotopic (exact) mass is 266 g/mol. The molecule has 1 atom stereocenters. The van der Waals surface area contributed by atoms with Crippen molar-refractivity contribution in [2.24, 2.45) is 5.92 Å². The number of nitrogens with one attached hydrogen (secondary N) is 2. The number of amides is 2. The number of hydrogen-bond acceptors (Lipinski definition) is 4. The molecule has 0 saturated carbocycles. The first-order valence-electron chi connectivity index (χ1n) is 6.12. The zero-order valence-corrected chi connectivity index (χ0v) is 10.8. The topological polar surface area (TPSA) is 104 Å². The van der Waals surface area contributed by atoms with Crippen LogP contribution in [0, 0.1) is 5.92 Å². The molecule has 0 aromatic carbocycles. The van der Waals surface area contributed by atoms with E-state index in [1.807, 2.05) is 6.92 Å². The third-order valence-electron chi connectivity index (χ3n) is 2.65. The van der Waals surface area contributed by atoms with Gasteiger partial charge in [-0.1, -0.05) is 13.3 Å². The Hall–Kier alpha value is -2.18. The number of carbonyl (C=O) groups excluding carboxylic acids is 1. The van der Waals surface area contributed by atoms with E-state index in [2.05, 4.69) is 20.8 Å². The number of urea groups is 1. The zero-order valence-electron chi connectivity index (χ0n) is 10.8. The van der Waals surface area contributed by atoms with Gasteiger partial charge in [0.2, 0.25) is 0 Å². The van der Waals surface area contributed by atoms with Gasteiger partial charge >= 0.3 is 12.0 Å². The number of carboxylic acid groups (broad SMARTS) is 1. The molecule has 104 valence electrons. The molecule has 0 aliphatic heterocycles. The van der Waals surface area contributed by atoms with E-state index >= 15 is 0 Å². The quantitative estimate of drug-likeness (QED) is 0.676. The van der Waals surface area contributed by atoms with Crippen molar-refractivity contribution in [1.29, 1.82) is 0 Å². The molecule has 1 unspecified atom stereocenters. The first-order chi connectivity index (χ1) is 9.11. The van der Waals surface area contributed by atoms with Crippen LogP contribution in [0.3, 0.4) is 0 Å². The van der Waals surface area contributed by atoms with Crippen LogP contribution in [0.2, 0.25) is 0 Å². The lowest BCUT2D eigenvalue weighted by Crippen LogP contribution is -2.38. The first kappa shape index (κ1) is 14.9. The van der Waals surface area contributed by atoms with Crippen LogP contribution < -0.4 is 10.6 Å². The smallest absolute Gasteiger partial charge is 0.315 e. The lowest BCUT2D eigenvalue weighted by Gasteiger charge is -2.13. The Balaban J connectivity index is 2.25. The fourth-order valence-corrected chi connectivity index (χ4v) is 1.51. The molecule has 19 heavy (non-hydrogen) atoms. The maximum Gasteiger partial charge on any atom is 0.315 e. The summed E-state index contributed by atoms with van der Waals surface area (Å²) in [5, 5.41) is 21.5. The fourth-order valence-electron chi connectivity index (χ4n) is 1.51. The van der Waals surface area contributed by atoms with E-state index in [9.17, 15) is 9.59 Å². The van der Waals surface area contributed by atoms with Crippen LogP contribution in [0.15, 0.2) is 18.3 Å². The minimum Gasteiger partial charge on any atom is -0.481 e. The van der Waals surface area contributed by atoms with E-state index in [-0.39, 0.29) is 24.9 Å². The fraction of sp³-hybridized carbons (Fsp3) is 0.500. The van der Waals surface area contributed by atoms with Crippen molar-refractivity contribution < 1.29 is 14.7 Å². The van der Waals surface area contributed by atoms with Crippen LogP contribution in [0.5, 0.6) is 0 Å². The van der Waals surface area contributed by atoms with Crippen LogP contribution in [0.4, 0.5) is 4.79 Å². The van der Waals surface area contributed by atoms with E-state index in [1.54, 1.807) is 18.3 Å². The molecule has 0 saturated heterocycles. The van der Waals surface area contributed by atoms with Crippen LogP contribution in [-0.2, 0) is 11.3 Å². The maximum absolute atomic E-state index is 11.5. The van der Waals surface area contributed by atoms with Crippen molar-refractivity contribution >= 4 is 12.0 Å². The average Bonchev–Trinajstić information content (AvgIpc) is 2.42. The zero-order chi connectivity index (χ0) is 14.1.